The average Bonchev–Trinajstić information content (AvgIpc) is 2.89. The molecule has 0 spiro atoms. The minimum Gasteiger partial charge on any atom is -0.486 e. The van der Waals surface area contributed by atoms with E-state index >= 15 is 0 Å². The minimum atomic E-state index is 0.410. The highest BCUT2D eigenvalue weighted by Gasteiger charge is 2.07. The second-order valence-corrected chi connectivity index (χ2v) is 3.90. The molecule has 4 heteroatoms. The van der Waals surface area contributed by atoms with Crippen LogP contribution < -0.4 is 4.74 Å². The van der Waals surface area contributed by atoms with E-state index in [0.717, 1.165) is 24.5 Å². The van der Waals surface area contributed by atoms with Crippen molar-refractivity contribution in [3.63, 3.8) is 0 Å². The first kappa shape index (κ1) is 10.1. The summed E-state index contributed by atoms with van der Waals surface area (Å²) in [6, 6.07) is 6.05. The SMILES string of the molecule is C1=NCCc2cc(OCc3cnco3)ccc21. The van der Waals surface area contributed by atoms with Gasteiger partial charge in [-0.3, -0.25) is 4.99 Å². The molecule has 0 saturated heterocycles. The Kier molecular flexibility index (Phi) is 2.62. The molecule has 1 aliphatic heterocycles. The molecule has 2 aromatic rings. The maximum Gasteiger partial charge on any atom is 0.181 e. The van der Waals surface area contributed by atoms with Crippen molar-refractivity contribution in [3.05, 3.63) is 47.7 Å². The highest BCUT2D eigenvalue weighted by Crippen LogP contribution is 2.20. The van der Waals surface area contributed by atoms with Crippen LogP contribution in [0.1, 0.15) is 16.9 Å². The van der Waals surface area contributed by atoms with E-state index in [9.17, 15) is 0 Å². The zero-order chi connectivity index (χ0) is 11.5. The van der Waals surface area contributed by atoms with E-state index in [4.69, 9.17) is 9.15 Å². The van der Waals surface area contributed by atoms with Crippen LogP contribution in [0.5, 0.6) is 5.75 Å². The van der Waals surface area contributed by atoms with Gasteiger partial charge in [-0.1, -0.05) is 0 Å². The number of fused-ring (bicyclic) bond motifs is 1. The van der Waals surface area contributed by atoms with Gasteiger partial charge >= 0.3 is 0 Å². The lowest BCUT2D eigenvalue weighted by molar-refractivity contribution is 0.270. The second kappa shape index (κ2) is 4.41. The van der Waals surface area contributed by atoms with Crippen molar-refractivity contribution in [2.24, 2.45) is 4.99 Å². The monoisotopic (exact) mass is 228 g/mol. The predicted molar refractivity (Wildman–Crippen MR) is 63.4 cm³/mol. The molecule has 1 aliphatic rings. The van der Waals surface area contributed by atoms with Gasteiger partial charge in [0, 0.05) is 12.8 Å². The number of aliphatic imine (C=N–C) groups is 1. The van der Waals surface area contributed by atoms with Gasteiger partial charge in [0.15, 0.2) is 12.2 Å². The first-order valence-corrected chi connectivity index (χ1v) is 5.55. The molecule has 86 valence electrons. The number of benzene rings is 1. The molecule has 1 aromatic heterocycles. The van der Waals surface area contributed by atoms with Crippen molar-refractivity contribution < 1.29 is 9.15 Å². The highest BCUT2D eigenvalue weighted by molar-refractivity contribution is 5.83. The molecule has 1 aromatic carbocycles. The normalized spacial score (nSPS) is 13.4. The molecule has 2 heterocycles. The number of hydrogen-bond acceptors (Lipinski definition) is 4. The Balaban J connectivity index is 1.73. The van der Waals surface area contributed by atoms with Crippen molar-refractivity contribution in [2.75, 3.05) is 6.54 Å². The maximum absolute atomic E-state index is 5.64. The third-order valence-corrected chi connectivity index (χ3v) is 2.72. The Hall–Kier alpha value is -2.10. The van der Waals surface area contributed by atoms with Gasteiger partial charge in [-0.05, 0) is 35.7 Å². The van der Waals surface area contributed by atoms with Crippen LogP contribution >= 0.6 is 0 Å². The number of nitrogens with zero attached hydrogens (tertiary/aromatic N) is 2. The summed E-state index contributed by atoms with van der Waals surface area (Å²) in [6.07, 6.45) is 5.96. The van der Waals surface area contributed by atoms with Gasteiger partial charge in [-0.2, -0.15) is 0 Å². The minimum absolute atomic E-state index is 0.410. The first-order chi connectivity index (χ1) is 8.42. The molecular weight excluding hydrogens is 216 g/mol. The summed E-state index contributed by atoms with van der Waals surface area (Å²) in [6.45, 7) is 1.27. The van der Waals surface area contributed by atoms with Crippen LogP contribution in [0.25, 0.3) is 0 Å². The number of aromatic nitrogens is 1. The summed E-state index contributed by atoms with van der Waals surface area (Å²) < 4.78 is 10.7. The van der Waals surface area contributed by atoms with Crippen LogP contribution in [-0.2, 0) is 13.0 Å². The van der Waals surface area contributed by atoms with Gasteiger partial charge in [-0.25, -0.2) is 4.98 Å². The van der Waals surface area contributed by atoms with Gasteiger partial charge in [0.05, 0.1) is 6.20 Å². The Morgan fingerprint density at radius 2 is 2.35 bits per heavy atom. The van der Waals surface area contributed by atoms with Crippen LogP contribution in [-0.4, -0.2) is 17.7 Å². The number of hydrogen-bond donors (Lipinski definition) is 0. The van der Waals surface area contributed by atoms with Crippen LogP contribution in [0.15, 0.2) is 40.2 Å². The summed E-state index contributed by atoms with van der Waals surface area (Å²) in [7, 11) is 0. The van der Waals surface area contributed by atoms with E-state index in [0.29, 0.717) is 6.61 Å². The molecule has 3 rings (SSSR count). The number of rotatable bonds is 3. The van der Waals surface area contributed by atoms with Crippen molar-refractivity contribution in [2.45, 2.75) is 13.0 Å². The quantitative estimate of drug-likeness (QED) is 0.809. The van der Waals surface area contributed by atoms with Crippen molar-refractivity contribution in [3.8, 4) is 5.75 Å². The molecule has 0 unspecified atom stereocenters. The zero-order valence-electron chi connectivity index (χ0n) is 9.30. The van der Waals surface area contributed by atoms with Crippen LogP contribution in [0, 0.1) is 0 Å². The topological polar surface area (TPSA) is 47.6 Å². The lowest BCUT2D eigenvalue weighted by Crippen LogP contribution is -2.03. The molecule has 0 radical (unpaired) electrons. The van der Waals surface area contributed by atoms with Gasteiger partial charge < -0.3 is 9.15 Å². The summed E-state index contributed by atoms with van der Waals surface area (Å²) in [5, 5.41) is 0. The molecule has 0 saturated carbocycles. The lowest BCUT2D eigenvalue weighted by Gasteiger charge is -2.11. The highest BCUT2D eigenvalue weighted by atomic mass is 16.5. The van der Waals surface area contributed by atoms with Crippen LogP contribution in [0.3, 0.4) is 0 Å². The Labute approximate surface area is 99.0 Å². The van der Waals surface area contributed by atoms with E-state index in [1.807, 2.05) is 18.3 Å². The molecule has 0 amide bonds. The first-order valence-electron chi connectivity index (χ1n) is 5.55. The fourth-order valence-electron chi connectivity index (χ4n) is 1.83. The van der Waals surface area contributed by atoms with E-state index in [1.54, 1.807) is 6.20 Å². The van der Waals surface area contributed by atoms with E-state index in [-0.39, 0.29) is 0 Å². The molecule has 0 aliphatic carbocycles. The maximum atomic E-state index is 5.64. The van der Waals surface area contributed by atoms with Crippen molar-refractivity contribution in [1.29, 1.82) is 0 Å². The number of ether oxygens (including phenoxy) is 1. The van der Waals surface area contributed by atoms with Gasteiger partial charge in [0.1, 0.15) is 12.4 Å². The molecule has 0 fully saturated rings. The molecule has 0 N–H and O–H groups in total. The summed E-state index contributed by atoms with van der Waals surface area (Å²) in [5.74, 6) is 1.58. The third kappa shape index (κ3) is 2.20. The number of oxazole rings is 1. The summed E-state index contributed by atoms with van der Waals surface area (Å²) in [5.41, 5.74) is 2.47. The predicted octanol–water partition coefficient (Wildman–Crippen LogP) is 2.23. The van der Waals surface area contributed by atoms with Gasteiger partial charge in [0.25, 0.3) is 0 Å². The molecule has 0 atom stereocenters. The standard InChI is InChI=1S/C13H12N2O2/c1-2-12(16-8-13-7-15-9-17-13)5-10-3-4-14-6-11(1)10/h1-2,5-7,9H,3-4,8H2. The summed E-state index contributed by atoms with van der Waals surface area (Å²) >= 11 is 0. The van der Waals surface area contributed by atoms with E-state index < -0.39 is 0 Å². The third-order valence-electron chi connectivity index (χ3n) is 2.72. The van der Waals surface area contributed by atoms with E-state index in [2.05, 4.69) is 16.0 Å². The fourth-order valence-corrected chi connectivity index (χ4v) is 1.83. The molecular formula is C13H12N2O2. The van der Waals surface area contributed by atoms with Crippen molar-refractivity contribution >= 4 is 6.21 Å². The lowest BCUT2D eigenvalue weighted by atomic mass is 10.0. The second-order valence-electron chi connectivity index (χ2n) is 3.90. The fraction of sp³-hybridized carbons (Fsp3) is 0.231. The molecule has 17 heavy (non-hydrogen) atoms. The molecule has 0 bridgehead atoms. The Bertz CT molecular complexity index is 532. The Morgan fingerprint density at radius 3 is 3.24 bits per heavy atom. The Morgan fingerprint density at radius 1 is 1.35 bits per heavy atom. The smallest absolute Gasteiger partial charge is 0.181 e. The largest absolute Gasteiger partial charge is 0.486 e. The van der Waals surface area contributed by atoms with Crippen molar-refractivity contribution in [1.82, 2.24) is 4.98 Å². The molecule has 4 nitrogen and oxygen atoms in total. The van der Waals surface area contributed by atoms with Crippen LogP contribution in [0.2, 0.25) is 0 Å². The summed E-state index contributed by atoms with van der Waals surface area (Å²) in [4.78, 5) is 8.09. The van der Waals surface area contributed by atoms with E-state index in [1.165, 1.54) is 17.5 Å². The van der Waals surface area contributed by atoms with Gasteiger partial charge in [0.2, 0.25) is 0 Å². The van der Waals surface area contributed by atoms with Crippen LogP contribution in [0.4, 0.5) is 0 Å². The zero-order valence-corrected chi connectivity index (χ0v) is 9.30. The van der Waals surface area contributed by atoms with Gasteiger partial charge in [-0.15, -0.1) is 0 Å². The average molecular weight is 228 g/mol.